The van der Waals surface area contributed by atoms with E-state index >= 15 is 0 Å². The lowest BCUT2D eigenvalue weighted by atomic mass is 10.4. The Morgan fingerprint density at radius 3 is 2.67 bits per heavy atom. The number of rotatable bonds is 8. The van der Waals surface area contributed by atoms with Gasteiger partial charge in [-0.1, -0.05) is 6.92 Å². The molecule has 0 spiro atoms. The van der Waals surface area contributed by atoms with Crippen molar-refractivity contribution in [2.75, 3.05) is 45.9 Å². The maximum Gasteiger partial charge on any atom is 0.262 e. The summed E-state index contributed by atoms with van der Waals surface area (Å²) in [5.74, 6) is -0.342. The van der Waals surface area contributed by atoms with Crippen LogP contribution in [0, 0.1) is 0 Å². The standard InChI is InChI=1S/C14H23N3O4S2.ClH/c1-2-4-15-5-6-16-14(18)13-12(3-11-22-13)23(19,20)17-7-9-21-10-8-17;/h3,11,15H,2,4-10H2,1H3,(H,16,18);1H. The fraction of sp³-hybridized carbons (Fsp3) is 0.643. The number of amides is 1. The Kier molecular flexibility index (Phi) is 9.17. The van der Waals surface area contributed by atoms with E-state index in [-0.39, 0.29) is 28.1 Å². The lowest BCUT2D eigenvalue weighted by Gasteiger charge is -2.26. The van der Waals surface area contributed by atoms with Crippen LogP contribution in [0.5, 0.6) is 0 Å². The number of ether oxygens (including phenoxy) is 1. The quantitative estimate of drug-likeness (QED) is 0.637. The molecule has 0 radical (unpaired) electrons. The Hall–Kier alpha value is -0.710. The molecule has 7 nitrogen and oxygen atoms in total. The monoisotopic (exact) mass is 397 g/mol. The molecule has 0 bridgehead atoms. The van der Waals surface area contributed by atoms with Gasteiger partial charge in [0.15, 0.2) is 0 Å². The number of sulfonamides is 1. The molecule has 1 aromatic heterocycles. The first-order valence-electron chi connectivity index (χ1n) is 7.71. The second kappa shape index (κ2) is 10.3. The van der Waals surface area contributed by atoms with Crippen LogP contribution in [0.3, 0.4) is 0 Å². The SMILES string of the molecule is CCCNCCNC(=O)c1sccc1S(=O)(=O)N1CCOCC1.Cl. The summed E-state index contributed by atoms with van der Waals surface area (Å²) in [6.07, 6.45) is 1.03. The molecule has 1 fully saturated rings. The van der Waals surface area contributed by atoms with Gasteiger partial charge >= 0.3 is 0 Å². The van der Waals surface area contributed by atoms with Gasteiger partial charge in [0.2, 0.25) is 10.0 Å². The molecule has 0 aliphatic carbocycles. The first kappa shape index (κ1) is 21.3. The Morgan fingerprint density at radius 2 is 2.00 bits per heavy atom. The molecule has 0 atom stereocenters. The van der Waals surface area contributed by atoms with Crippen LogP contribution in [-0.2, 0) is 14.8 Å². The topological polar surface area (TPSA) is 87.7 Å². The number of carbonyl (C=O) groups is 1. The van der Waals surface area contributed by atoms with Crippen molar-refractivity contribution in [2.24, 2.45) is 0 Å². The van der Waals surface area contributed by atoms with E-state index < -0.39 is 10.0 Å². The summed E-state index contributed by atoms with van der Waals surface area (Å²) in [5, 5.41) is 7.58. The Balaban J connectivity index is 0.00000288. The van der Waals surface area contributed by atoms with E-state index in [1.54, 1.807) is 5.38 Å². The van der Waals surface area contributed by atoms with Crippen molar-refractivity contribution in [3.63, 3.8) is 0 Å². The summed E-state index contributed by atoms with van der Waals surface area (Å²) >= 11 is 1.15. The molecule has 10 heteroatoms. The summed E-state index contributed by atoms with van der Waals surface area (Å²) in [7, 11) is -3.65. The number of hydrogen-bond donors (Lipinski definition) is 2. The zero-order chi connectivity index (χ0) is 16.7. The third kappa shape index (κ3) is 5.40. The highest BCUT2D eigenvalue weighted by atomic mass is 35.5. The van der Waals surface area contributed by atoms with Crippen molar-refractivity contribution < 1.29 is 17.9 Å². The smallest absolute Gasteiger partial charge is 0.262 e. The average Bonchev–Trinajstić information content (AvgIpc) is 3.06. The van der Waals surface area contributed by atoms with Crippen LogP contribution in [0.15, 0.2) is 16.3 Å². The summed E-state index contributed by atoms with van der Waals surface area (Å²) < 4.78 is 31.9. The summed E-state index contributed by atoms with van der Waals surface area (Å²) in [6.45, 7) is 5.50. The molecule has 2 heterocycles. The second-order valence-electron chi connectivity index (χ2n) is 5.14. The highest BCUT2D eigenvalue weighted by molar-refractivity contribution is 7.89. The van der Waals surface area contributed by atoms with Crippen molar-refractivity contribution >= 4 is 39.7 Å². The number of thiophene rings is 1. The van der Waals surface area contributed by atoms with Crippen molar-refractivity contribution in [3.05, 3.63) is 16.3 Å². The van der Waals surface area contributed by atoms with E-state index in [4.69, 9.17) is 4.74 Å². The van der Waals surface area contributed by atoms with Gasteiger partial charge in [0, 0.05) is 26.2 Å². The van der Waals surface area contributed by atoms with Crippen LogP contribution in [-0.4, -0.2) is 64.6 Å². The third-order valence-electron chi connectivity index (χ3n) is 3.44. The van der Waals surface area contributed by atoms with E-state index in [1.807, 2.05) is 0 Å². The van der Waals surface area contributed by atoms with Gasteiger partial charge in [-0.15, -0.1) is 23.7 Å². The van der Waals surface area contributed by atoms with Crippen LogP contribution in [0.1, 0.15) is 23.0 Å². The van der Waals surface area contributed by atoms with E-state index in [2.05, 4.69) is 17.6 Å². The molecule has 2 rings (SSSR count). The fourth-order valence-corrected chi connectivity index (χ4v) is 4.96. The molecular formula is C14H24ClN3O4S2. The average molecular weight is 398 g/mol. The summed E-state index contributed by atoms with van der Waals surface area (Å²) in [5.41, 5.74) is 0. The van der Waals surface area contributed by atoms with Gasteiger partial charge in [-0.2, -0.15) is 4.31 Å². The molecule has 0 unspecified atom stereocenters. The molecule has 1 aromatic rings. The molecule has 138 valence electrons. The zero-order valence-electron chi connectivity index (χ0n) is 13.6. The summed E-state index contributed by atoms with van der Waals surface area (Å²) in [6, 6.07) is 1.50. The predicted molar refractivity (Wildman–Crippen MR) is 96.6 cm³/mol. The normalized spacial score (nSPS) is 15.7. The minimum atomic E-state index is -3.65. The number of halogens is 1. The highest BCUT2D eigenvalue weighted by Gasteiger charge is 2.31. The molecule has 1 amide bonds. The molecule has 24 heavy (non-hydrogen) atoms. The van der Waals surface area contributed by atoms with Gasteiger partial charge < -0.3 is 15.4 Å². The largest absolute Gasteiger partial charge is 0.379 e. The van der Waals surface area contributed by atoms with E-state index in [1.165, 1.54) is 10.4 Å². The lowest BCUT2D eigenvalue weighted by Crippen LogP contribution is -2.41. The first-order chi connectivity index (χ1) is 11.1. The maximum atomic E-state index is 12.7. The molecular weight excluding hydrogens is 374 g/mol. The minimum Gasteiger partial charge on any atom is -0.379 e. The Labute approximate surface area is 153 Å². The third-order valence-corrected chi connectivity index (χ3v) is 6.42. The second-order valence-corrected chi connectivity index (χ2v) is 7.96. The lowest BCUT2D eigenvalue weighted by molar-refractivity contribution is 0.0730. The van der Waals surface area contributed by atoms with E-state index in [0.717, 1.165) is 24.3 Å². The van der Waals surface area contributed by atoms with Crippen LogP contribution < -0.4 is 10.6 Å². The Morgan fingerprint density at radius 1 is 1.29 bits per heavy atom. The van der Waals surface area contributed by atoms with Gasteiger partial charge in [0.25, 0.3) is 5.91 Å². The van der Waals surface area contributed by atoms with Gasteiger partial charge in [-0.3, -0.25) is 4.79 Å². The van der Waals surface area contributed by atoms with Crippen molar-refractivity contribution in [3.8, 4) is 0 Å². The van der Waals surface area contributed by atoms with Crippen LogP contribution >= 0.6 is 23.7 Å². The van der Waals surface area contributed by atoms with Crippen molar-refractivity contribution in [1.82, 2.24) is 14.9 Å². The molecule has 1 aliphatic rings. The van der Waals surface area contributed by atoms with Gasteiger partial charge in [-0.25, -0.2) is 8.42 Å². The molecule has 1 aliphatic heterocycles. The maximum absolute atomic E-state index is 12.7. The molecule has 0 aromatic carbocycles. The van der Waals surface area contributed by atoms with Crippen LogP contribution in [0.2, 0.25) is 0 Å². The highest BCUT2D eigenvalue weighted by Crippen LogP contribution is 2.25. The molecule has 2 N–H and O–H groups in total. The summed E-state index contributed by atoms with van der Waals surface area (Å²) in [4.78, 5) is 12.6. The Bertz CT molecular complexity index is 615. The number of nitrogens with zero attached hydrogens (tertiary/aromatic N) is 1. The van der Waals surface area contributed by atoms with Crippen molar-refractivity contribution in [2.45, 2.75) is 18.2 Å². The first-order valence-corrected chi connectivity index (χ1v) is 10.0. The molecule has 1 saturated heterocycles. The number of nitrogens with one attached hydrogen (secondary N) is 2. The number of hydrogen-bond acceptors (Lipinski definition) is 6. The van der Waals surface area contributed by atoms with Crippen molar-refractivity contribution in [1.29, 1.82) is 0 Å². The fourth-order valence-electron chi connectivity index (χ4n) is 2.24. The van der Waals surface area contributed by atoms with Gasteiger partial charge in [0.1, 0.15) is 9.77 Å². The van der Waals surface area contributed by atoms with Crippen LogP contribution in [0.25, 0.3) is 0 Å². The number of morpholine rings is 1. The van der Waals surface area contributed by atoms with Crippen LogP contribution in [0.4, 0.5) is 0 Å². The van der Waals surface area contributed by atoms with Gasteiger partial charge in [0.05, 0.1) is 13.2 Å². The number of carbonyl (C=O) groups excluding carboxylic acids is 1. The van der Waals surface area contributed by atoms with E-state index in [9.17, 15) is 13.2 Å². The predicted octanol–water partition coefficient (Wildman–Crippen LogP) is 0.920. The molecule has 0 saturated carbocycles. The minimum absolute atomic E-state index is 0. The zero-order valence-corrected chi connectivity index (χ0v) is 16.1. The van der Waals surface area contributed by atoms with Gasteiger partial charge in [-0.05, 0) is 24.4 Å². The van der Waals surface area contributed by atoms with E-state index in [0.29, 0.717) is 39.4 Å².